The summed E-state index contributed by atoms with van der Waals surface area (Å²) in [6, 6.07) is 10.6. The van der Waals surface area contributed by atoms with Crippen molar-refractivity contribution in [2.45, 2.75) is 12.8 Å². The fraction of sp³-hybridized carbons (Fsp3) is 0.182. The molecule has 0 aliphatic heterocycles. The molecule has 164 valence electrons. The van der Waals surface area contributed by atoms with E-state index in [1.54, 1.807) is 47.6 Å². The molecule has 0 bridgehead atoms. The number of anilines is 4. The predicted molar refractivity (Wildman–Crippen MR) is 125 cm³/mol. The number of nitriles is 1. The molecule has 1 aromatic carbocycles. The van der Waals surface area contributed by atoms with Crippen LogP contribution < -0.4 is 21.9 Å². The van der Waals surface area contributed by atoms with Gasteiger partial charge in [-0.1, -0.05) is 17.7 Å². The van der Waals surface area contributed by atoms with E-state index in [0.29, 0.717) is 23.7 Å². The first-order chi connectivity index (χ1) is 16.0. The van der Waals surface area contributed by atoms with Gasteiger partial charge >= 0.3 is 0 Å². The summed E-state index contributed by atoms with van der Waals surface area (Å²) in [7, 11) is 0. The first-order valence-corrected chi connectivity index (χ1v) is 10.6. The zero-order valence-electron chi connectivity index (χ0n) is 17.3. The molecule has 1 saturated carbocycles. The third-order valence-corrected chi connectivity index (χ3v) is 5.73. The molecule has 11 heteroatoms. The first kappa shape index (κ1) is 20.7. The SMILES string of the molecule is N#Cc1c(N)nc(N)nc1N(CC1CC1)c1nc2cccc(Cl)c2c(=O)n1-c1cccnc1. The van der Waals surface area contributed by atoms with Crippen LogP contribution in [-0.4, -0.2) is 31.0 Å². The Kier molecular flexibility index (Phi) is 5.03. The van der Waals surface area contributed by atoms with Crippen LogP contribution in [0, 0.1) is 17.2 Å². The molecule has 10 nitrogen and oxygen atoms in total. The van der Waals surface area contributed by atoms with Crippen molar-refractivity contribution in [3.8, 4) is 11.8 Å². The lowest BCUT2D eigenvalue weighted by atomic mass is 10.2. The highest BCUT2D eigenvalue weighted by atomic mass is 35.5. The van der Waals surface area contributed by atoms with Gasteiger partial charge in [0.1, 0.15) is 17.5 Å². The standard InChI is InChI=1S/C22H18ClN9O/c23-15-4-1-5-16-17(15)20(33)32(13-3-2-8-27-10-13)22(28-16)31(11-12-6-7-12)19-14(9-24)18(25)29-21(26)30-19/h1-5,8,10,12H,6-7,11H2,(H4,25,26,29,30). The summed E-state index contributed by atoms with van der Waals surface area (Å²) in [5.41, 5.74) is 12.5. The molecule has 0 saturated heterocycles. The maximum Gasteiger partial charge on any atom is 0.268 e. The third-order valence-electron chi connectivity index (χ3n) is 5.41. The molecule has 1 aliphatic carbocycles. The van der Waals surface area contributed by atoms with Crippen molar-refractivity contribution in [1.82, 2.24) is 24.5 Å². The fourth-order valence-corrected chi connectivity index (χ4v) is 3.94. The Labute approximate surface area is 193 Å². The average Bonchev–Trinajstić information content (AvgIpc) is 3.62. The van der Waals surface area contributed by atoms with Gasteiger partial charge in [-0.05, 0) is 43.0 Å². The number of hydrogen-bond acceptors (Lipinski definition) is 9. The minimum Gasteiger partial charge on any atom is -0.382 e. The summed E-state index contributed by atoms with van der Waals surface area (Å²) in [5, 5.41) is 10.4. The second-order valence-corrected chi connectivity index (χ2v) is 8.14. The van der Waals surface area contributed by atoms with Crippen LogP contribution in [0.2, 0.25) is 5.02 Å². The lowest BCUT2D eigenvalue weighted by molar-refractivity contribution is 0.762. The molecule has 4 aromatic rings. The molecule has 0 unspecified atom stereocenters. The number of halogens is 1. The van der Waals surface area contributed by atoms with Crippen LogP contribution in [0.25, 0.3) is 16.6 Å². The lowest BCUT2D eigenvalue weighted by Crippen LogP contribution is -2.32. The summed E-state index contributed by atoms with van der Waals surface area (Å²) >= 11 is 6.37. The molecule has 0 atom stereocenters. The minimum absolute atomic E-state index is 0.0418. The van der Waals surface area contributed by atoms with E-state index in [9.17, 15) is 10.1 Å². The molecule has 0 amide bonds. The maximum atomic E-state index is 13.7. The predicted octanol–water partition coefficient (Wildman–Crippen LogP) is 2.81. The van der Waals surface area contributed by atoms with Crippen LogP contribution in [0.3, 0.4) is 0 Å². The van der Waals surface area contributed by atoms with Gasteiger partial charge in [0.15, 0.2) is 5.82 Å². The Morgan fingerprint density at radius 3 is 2.70 bits per heavy atom. The Morgan fingerprint density at radius 1 is 1.18 bits per heavy atom. The van der Waals surface area contributed by atoms with Gasteiger partial charge in [0.25, 0.3) is 5.56 Å². The van der Waals surface area contributed by atoms with Crippen molar-refractivity contribution in [3.63, 3.8) is 0 Å². The monoisotopic (exact) mass is 459 g/mol. The third kappa shape index (κ3) is 3.68. The number of nitrogen functional groups attached to an aromatic ring is 2. The highest BCUT2D eigenvalue weighted by Gasteiger charge is 2.31. The molecule has 0 spiro atoms. The zero-order valence-corrected chi connectivity index (χ0v) is 18.1. The zero-order chi connectivity index (χ0) is 23.1. The van der Waals surface area contributed by atoms with E-state index in [2.05, 4.69) is 21.0 Å². The molecule has 0 radical (unpaired) electrons. The first-order valence-electron chi connectivity index (χ1n) is 10.2. The van der Waals surface area contributed by atoms with Gasteiger partial charge in [0, 0.05) is 12.7 Å². The molecule has 1 fully saturated rings. The van der Waals surface area contributed by atoms with Crippen molar-refractivity contribution >= 4 is 46.0 Å². The molecule has 33 heavy (non-hydrogen) atoms. The van der Waals surface area contributed by atoms with Crippen LogP contribution in [0.5, 0.6) is 0 Å². The van der Waals surface area contributed by atoms with Gasteiger partial charge in [-0.3, -0.25) is 14.7 Å². The van der Waals surface area contributed by atoms with Gasteiger partial charge in [-0.25, -0.2) is 9.55 Å². The summed E-state index contributed by atoms with van der Waals surface area (Å²) in [4.78, 5) is 32.6. The average molecular weight is 460 g/mol. The van der Waals surface area contributed by atoms with Crippen molar-refractivity contribution in [3.05, 3.63) is 63.7 Å². The number of nitrogens with zero attached hydrogens (tertiary/aromatic N) is 7. The molecule has 4 N–H and O–H groups in total. The van der Waals surface area contributed by atoms with Crippen LogP contribution in [0.1, 0.15) is 18.4 Å². The van der Waals surface area contributed by atoms with Crippen molar-refractivity contribution < 1.29 is 0 Å². The summed E-state index contributed by atoms with van der Waals surface area (Å²) in [5.74, 6) is 0.661. The minimum atomic E-state index is -0.372. The van der Waals surface area contributed by atoms with Gasteiger partial charge in [0.05, 0.1) is 27.8 Å². The summed E-state index contributed by atoms with van der Waals surface area (Å²) < 4.78 is 1.42. The highest BCUT2D eigenvalue weighted by molar-refractivity contribution is 6.35. The number of fused-ring (bicyclic) bond motifs is 1. The second-order valence-electron chi connectivity index (χ2n) is 7.73. The fourth-order valence-electron chi connectivity index (χ4n) is 3.69. The molecular weight excluding hydrogens is 442 g/mol. The Morgan fingerprint density at radius 2 is 2.00 bits per heavy atom. The van der Waals surface area contributed by atoms with E-state index < -0.39 is 0 Å². The largest absolute Gasteiger partial charge is 0.382 e. The van der Waals surface area contributed by atoms with E-state index in [1.807, 2.05) is 0 Å². The number of nitrogens with two attached hydrogens (primary N) is 2. The van der Waals surface area contributed by atoms with Crippen molar-refractivity contribution in [2.24, 2.45) is 5.92 Å². The van der Waals surface area contributed by atoms with Gasteiger partial charge in [-0.15, -0.1) is 0 Å². The smallest absolute Gasteiger partial charge is 0.268 e. The van der Waals surface area contributed by atoms with Gasteiger partial charge in [-0.2, -0.15) is 15.2 Å². The lowest BCUT2D eigenvalue weighted by Gasteiger charge is -2.27. The normalized spacial score (nSPS) is 13.1. The van der Waals surface area contributed by atoms with Crippen LogP contribution >= 0.6 is 11.6 Å². The summed E-state index contributed by atoms with van der Waals surface area (Å²) in [6.45, 7) is 0.462. The van der Waals surface area contributed by atoms with E-state index in [1.165, 1.54) is 4.57 Å². The maximum absolute atomic E-state index is 13.7. The van der Waals surface area contributed by atoms with Crippen molar-refractivity contribution in [2.75, 3.05) is 22.9 Å². The van der Waals surface area contributed by atoms with Crippen LogP contribution in [-0.2, 0) is 0 Å². The van der Waals surface area contributed by atoms with Gasteiger partial charge in [0.2, 0.25) is 11.9 Å². The van der Waals surface area contributed by atoms with Crippen molar-refractivity contribution in [1.29, 1.82) is 5.26 Å². The number of aromatic nitrogens is 5. The topological polar surface area (TPSA) is 153 Å². The van der Waals surface area contributed by atoms with E-state index >= 15 is 0 Å². The highest BCUT2D eigenvalue weighted by Crippen LogP contribution is 2.37. The van der Waals surface area contributed by atoms with E-state index in [0.717, 1.165) is 12.8 Å². The Balaban J connectivity index is 1.87. The van der Waals surface area contributed by atoms with E-state index in [-0.39, 0.29) is 45.1 Å². The quantitative estimate of drug-likeness (QED) is 0.458. The number of hydrogen-bond donors (Lipinski definition) is 2. The molecule has 1 aliphatic rings. The number of benzene rings is 1. The molecule has 3 aromatic heterocycles. The summed E-state index contributed by atoms with van der Waals surface area (Å²) in [6.07, 6.45) is 5.17. The number of pyridine rings is 1. The molecule has 5 rings (SSSR count). The van der Waals surface area contributed by atoms with E-state index in [4.69, 9.17) is 28.1 Å². The molecular formula is C22H18ClN9O. The second kappa shape index (κ2) is 8.03. The van der Waals surface area contributed by atoms with Crippen LogP contribution in [0.15, 0.2) is 47.5 Å². The van der Waals surface area contributed by atoms with Gasteiger partial charge < -0.3 is 11.5 Å². The molecule has 3 heterocycles. The number of rotatable bonds is 5. The Bertz CT molecular complexity index is 1480. The Hall–Kier alpha value is -4.23. The van der Waals surface area contributed by atoms with Crippen LogP contribution in [0.4, 0.5) is 23.5 Å².